The molecular formula is C7H6O6. The van der Waals surface area contributed by atoms with E-state index in [0.29, 0.717) is 0 Å². The average Bonchev–Trinajstić information content (AvgIpc) is 2.05. The molecule has 6 nitrogen and oxygen atoms in total. The minimum atomic E-state index is -1.03. The van der Waals surface area contributed by atoms with E-state index in [0.717, 1.165) is 0 Å². The topological polar surface area (TPSA) is 86.7 Å². The fourth-order valence-corrected chi connectivity index (χ4v) is 0.469. The van der Waals surface area contributed by atoms with Crippen LogP contribution in [0, 0.1) is 0 Å². The quantitative estimate of drug-likeness (QED) is 0.245. The first-order chi connectivity index (χ1) is 6.11. The van der Waals surface area contributed by atoms with Crippen LogP contribution in [0.15, 0.2) is 12.2 Å². The van der Waals surface area contributed by atoms with Crippen LogP contribution in [0.3, 0.4) is 0 Å². The van der Waals surface area contributed by atoms with Crippen molar-refractivity contribution in [1.29, 1.82) is 0 Å². The third kappa shape index (κ3) is 4.46. The first kappa shape index (κ1) is 11.0. The maximum atomic E-state index is 10.6. The molecule has 0 aromatic rings. The van der Waals surface area contributed by atoms with Gasteiger partial charge < -0.3 is 9.47 Å². The van der Waals surface area contributed by atoms with Crippen molar-refractivity contribution in [1.82, 2.24) is 0 Å². The summed E-state index contributed by atoms with van der Waals surface area (Å²) in [4.78, 5) is 40.5. The van der Waals surface area contributed by atoms with Crippen LogP contribution in [0.4, 0.5) is 0 Å². The van der Waals surface area contributed by atoms with Crippen molar-refractivity contribution < 1.29 is 28.7 Å². The van der Waals surface area contributed by atoms with Crippen molar-refractivity contribution >= 4 is 24.9 Å². The van der Waals surface area contributed by atoms with E-state index in [9.17, 15) is 19.2 Å². The molecule has 0 heterocycles. The molecule has 0 aliphatic rings. The molecule has 0 fully saturated rings. The van der Waals surface area contributed by atoms with E-state index in [-0.39, 0.29) is 18.5 Å². The highest BCUT2D eigenvalue weighted by molar-refractivity contribution is 5.96. The number of hydrogen-bond acceptors (Lipinski definition) is 6. The summed E-state index contributed by atoms with van der Waals surface area (Å²) in [6, 6.07) is 0. The van der Waals surface area contributed by atoms with Crippen LogP contribution in [-0.4, -0.2) is 24.9 Å². The lowest BCUT2D eigenvalue weighted by molar-refractivity contribution is -0.154. The molecule has 0 N–H and O–H groups in total. The Bertz CT molecular complexity index is 254. The highest BCUT2D eigenvalue weighted by Gasteiger charge is 2.13. The smallest absolute Gasteiger partial charge is 0.341 e. The van der Waals surface area contributed by atoms with E-state index in [1.807, 2.05) is 0 Å². The minimum Gasteiger partial charge on any atom is -0.395 e. The van der Waals surface area contributed by atoms with E-state index in [2.05, 4.69) is 16.1 Å². The summed E-state index contributed by atoms with van der Waals surface area (Å²) in [5, 5.41) is 0. The van der Waals surface area contributed by atoms with Crippen molar-refractivity contribution in [2.45, 2.75) is 6.42 Å². The summed E-state index contributed by atoms with van der Waals surface area (Å²) in [5.74, 6) is -1.97. The lowest BCUT2D eigenvalue weighted by atomic mass is 10.2. The molecule has 0 bridgehead atoms. The predicted octanol–water partition coefficient (Wildman–Crippen LogP) is -0.668. The van der Waals surface area contributed by atoms with Gasteiger partial charge in [0.05, 0.1) is 6.42 Å². The van der Waals surface area contributed by atoms with Crippen LogP contribution in [-0.2, 0) is 28.7 Å². The number of carbonyl (C=O) groups is 4. The molecule has 0 aliphatic carbocycles. The van der Waals surface area contributed by atoms with E-state index in [1.54, 1.807) is 0 Å². The van der Waals surface area contributed by atoms with E-state index < -0.39 is 18.4 Å². The molecule has 0 aromatic carbocycles. The van der Waals surface area contributed by atoms with E-state index in [1.165, 1.54) is 0 Å². The van der Waals surface area contributed by atoms with Crippen LogP contribution >= 0.6 is 0 Å². The van der Waals surface area contributed by atoms with Crippen LogP contribution in [0.2, 0.25) is 0 Å². The van der Waals surface area contributed by atoms with Gasteiger partial charge >= 0.3 is 24.9 Å². The third-order valence-electron chi connectivity index (χ3n) is 0.981. The van der Waals surface area contributed by atoms with Gasteiger partial charge in [0.25, 0.3) is 0 Å². The Hall–Kier alpha value is -1.98. The highest BCUT2D eigenvalue weighted by Crippen LogP contribution is 2.01. The summed E-state index contributed by atoms with van der Waals surface area (Å²) < 4.78 is 7.73. The maximum Gasteiger partial charge on any atom is 0.341 e. The molecule has 0 saturated heterocycles. The van der Waals surface area contributed by atoms with Crippen molar-refractivity contribution in [3.05, 3.63) is 12.2 Å². The van der Waals surface area contributed by atoms with Gasteiger partial charge in [0.1, 0.15) is 0 Å². The highest BCUT2D eigenvalue weighted by atomic mass is 16.6. The molecule has 0 rings (SSSR count). The second-order valence-electron chi connectivity index (χ2n) is 1.87. The summed E-state index contributed by atoms with van der Waals surface area (Å²) in [6.07, 6.45) is -0.495. The largest absolute Gasteiger partial charge is 0.395 e. The molecule has 0 amide bonds. The number of esters is 2. The standard InChI is InChI=1S/C7H6O6/c1-5(7(11)13-4-9)2-6(10)12-3-8/h3-4H,1-2H2. The normalized spacial score (nSPS) is 8.31. The molecule has 0 atom stereocenters. The first-order valence-corrected chi connectivity index (χ1v) is 3.07. The molecule has 0 aromatic heterocycles. The van der Waals surface area contributed by atoms with Crippen LogP contribution in [0.5, 0.6) is 0 Å². The van der Waals surface area contributed by atoms with Gasteiger partial charge in [0.2, 0.25) is 0 Å². The molecule has 0 unspecified atom stereocenters. The molecule has 0 aliphatic heterocycles. The fraction of sp³-hybridized carbons (Fsp3) is 0.143. The van der Waals surface area contributed by atoms with E-state index in [4.69, 9.17) is 0 Å². The van der Waals surface area contributed by atoms with Crippen molar-refractivity contribution in [3.63, 3.8) is 0 Å². The Kier molecular flexibility index (Phi) is 4.78. The lowest BCUT2D eigenvalue weighted by Gasteiger charge is -1.98. The maximum absolute atomic E-state index is 10.6. The zero-order chi connectivity index (χ0) is 10.3. The lowest BCUT2D eigenvalue weighted by Crippen LogP contribution is -2.11. The van der Waals surface area contributed by atoms with Gasteiger partial charge in [-0.3, -0.25) is 14.4 Å². The summed E-state index contributed by atoms with van der Waals surface area (Å²) in [6.45, 7) is 2.99. The molecular weight excluding hydrogens is 180 g/mol. The molecule has 0 radical (unpaired) electrons. The summed E-state index contributed by atoms with van der Waals surface area (Å²) >= 11 is 0. The second-order valence-corrected chi connectivity index (χ2v) is 1.87. The number of hydrogen-bond donors (Lipinski definition) is 0. The fourth-order valence-electron chi connectivity index (χ4n) is 0.469. The Morgan fingerprint density at radius 1 is 1.15 bits per heavy atom. The third-order valence-corrected chi connectivity index (χ3v) is 0.981. The van der Waals surface area contributed by atoms with Gasteiger partial charge in [-0.1, -0.05) is 6.58 Å². The second kappa shape index (κ2) is 5.64. The van der Waals surface area contributed by atoms with Crippen LogP contribution in [0.1, 0.15) is 6.42 Å². The number of ether oxygens (including phenoxy) is 2. The van der Waals surface area contributed by atoms with Gasteiger partial charge in [-0.15, -0.1) is 0 Å². The van der Waals surface area contributed by atoms with Gasteiger partial charge in [0.15, 0.2) is 0 Å². The molecule has 70 valence electrons. The zero-order valence-electron chi connectivity index (χ0n) is 6.52. The van der Waals surface area contributed by atoms with Crippen molar-refractivity contribution in [2.75, 3.05) is 0 Å². The Morgan fingerprint density at radius 2 is 1.69 bits per heavy atom. The van der Waals surface area contributed by atoms with Gasteiger partial charge in [0, 0.05) is 5.57 Å². The summed E-state index contributed by atoms with van der Waals surface area (Å²) in [5.41, 5.74) is -0.265. The monoisotopic (exact) mass is 186 g/mol. The first-order valence-electron chi connectivity index (χ1n) is 3.07. The van der Waals surface area contributed by atoms with Crippen molar-refractivity contribution in [2.24, 2.45) is 0 Å². The zero-order valence-corrected chi connectivity index (χ0v) is 6.52. The van der Waals surface area contributed by atoms with Gasteiger partial charge in [-0.25, -0.2) is 4.79 Å². The predicted molar refractivity (Wildman–Crippen MR) is 38.1 cm³/mol. The summed E-state index contributed by atoms with van der Waals surface area (Å²) in [7, 11) is 0. The average molecular weight is 186 g/mol. The Balaban J connectivity index is 3.99. The van der Waals surface area contributed by atoms with E-state index >= 15 is 0 Å². The number of carbonyl (C=O) groups excluding carboxylic acids is 4. The Labute approximate surface area is 73.1 Å². The molecule has 0 saturated carbocycles. The van der Waals surface area contributed by atoms with Gasteiger partial charge in [-0.05, 0) is 0 Å². The van der Waals surface area contributed by atoms with Crippen molar-refractivity contribution in [3.8, 4) is 0 Å². The number of rotatable bonds is 5. The molecule has 6 heteroatoms. The molecule has 13 heavy (non-hydrogen) atoms. The Morgan fingerprint density at radius 3 is 2.15 bits per heavy atom. The van der Waals surface area contributed by atoms with Gasteiger partial charge in [-0.2, -0.15) is 0 Å². The van der Waals surface area contributed by atoms with Crippen LogP contribution < -0.4 is 0 Å². The van der Waals surface area contributed by atoms with Crippen LogP contribution in [0.25, 0.3) is 0 Å². The SMILES string of the molecule is C=C(CC(=O)OC=O)C(=O)OC=O. The minimum absolute atomic E-state index is 0.0688. The molecule has 0 spiro atoms.